The van der Waals surface area contributed by atoms with E-state index < -0.39 is 21.7 Å². The highest BCUT2D eigenvalue weighted by Gasteiger charge is 2.19. The first-order valence-corrected chi connectivity index (χ1v) is 9.44. The van der Waals surface area contributed by atoms with Gasteiger partial charge in [-0.1, -0.05) is 18.2 Å². The van der Waals surface area contributed by atoms with Crippen molar-refractivity contribution >= 4 is 15.9 Å². The molecular weight excluding hydrogens is 369 g/mol. The SMILES string of the molecule is Cc1cc(-c2ccncc2)cc(C(=O)NNS(=O)(=O)c2ccccc2)c1F. The summed E-state index contributed by atoms with van der Waals surface area (Å²) in [5.74, 6) is -1.62. The molecule has 3 aromatic rings. The van der Waals surface area contributed by atoms with Gasteiger partial charge in [-0.3, -0.25) is 15.2 Å². The van der Waals surface area contributed by atoms with Crippen LogP contribution in [0, 0.1) is 12.7 Å². The van der Waals surface area contributed by atoms with E-state index in [-0.39, 0.29) is 16.0 Å². The Hall–Kier alpha value is -3.10. The van der Waals surface area contributed by atoms with Gasteiger partial charge in [-0.25, -0.2) is 12.8 Å². The molecule has 0 aliphatic heterocycles. The molecule has 1 aromatic heterocycles. The van der Waals surface area contributed by atoms with Crippen LogP contribution in [0.1, 0.15) is 15.9 Å². The number of nitrogens with zero attached hydrogens (tertiary/aromatic N) is 1. The number of pyridine rings is 1. The van der Waals surface area contributed by atoms with E-state index in [4.69, 9.17) is 0 Å². The van der Waals surface area contributed by atoms with Gasteiger partial charge in [0.2, 0.25) is 0 Å². The molecule has 3 rings (SSSR count). The van der Waals surface area contributed by atoms with E-state index in [1.54, 1.807) is 48.8 Å². The van der Waals surface area contributed by atoms with Gasteiger partial charge in [0, 0.05) is 12.4 Å². The zero-order valence-corrected chi connectivity index (χ0v) is 15.1. The summed E-state index contributed by atoms with van der Waals surface area (Å²) in [5.41, 5.74) is 3.43. The molecule has 6 nitrogen and oxygen atoms in total. The maximum Gasteiger partial charge on any atom is 0.269 e. The van der Waals surface area contributed by atoms with Crippen molar-refractivity contribution in [2.24, 2.45) is 0 Å². The lowest BCUT2D eigenvalue weighted by atomic mass is 10.00. The number of rotatable bonds is 5. The minimum absolute atomic E-state index is 0.0208. The number of hydrazine groups is 1. The number of hydrogen-bond acceptors (Lipinski definition) is 4. The molecule has 2 aromatic carbocycles. The van der Waals surface area contributed by atoms with Crippen LogP contribution in [-0.2, 0) is 10.0 Å². The molecule has 27 heavy (non-hydrogen) atoms. The largest absolute Gasteiger partial charge is 0.273 e. The number of benzene rings is 2. The number of hydrogen-bond donors (Lipinski definition) is 2. The highest BCUT2D eigenvalue weighted by atomic mass is 32.2. The van der Waals surface area contributed by atoms with Crippen LogP contribution in [0.15, 0.2) is 71.9 Å². The summed E-state index contributed by atoms with van der Waals surface area (Å²) in [4.78, 5) is 18.3. The fourth-order valence-electron chi connectivity index (χ4n) is 2.49. The highest BCUT2D eigenvalue weighted by molar-refractivity contribution is 7.89. The molecule has 1 heterocycles. The normalized spacial score (nSPS) is 11.2. The van der Waals surface area contributed by atoms with Gasteiger partial charge in [0.1, 0.15) is 5.82 Å². The van der Waals surface area contributed by atoms with Crippen LogP contribution in [0.2, 0.25) is 0 Å². The number of aromatic nitrogens is 1. The molecule has 0 fully saturated rings. The van der Waals surface area contributed by atoms with Crippen LogP contribution in [0.25, 0.3) is 11.1 Å². The average Bonchev–Trinajstić information content (AvgIpc) is 2.69. The molecule has 0 aliphatic carbocycles. The van der Waals surface area contributed by atoms with Crippen molar-refractivity contribution in [2.45, 2.75) is 11.8 Å². The van der Waals surface area contributed by atoms with Gasteiger partial charge >= 0.3 is 0 Å². The second-order valence-electron chi connectivity index (χ2n) is 5.76. The fourth-order valence-corrected chi connectivity index (χ4v) is 3.35. The topological polar surface area (TPSA) is 88.2 Å². The summed E-state index contributed by atoms with van der Waals surface area (Å²) in [7, 11) is -3.96. The zero-order chi connectivity index (χ0) is 19.4. The molecule has 0 atom stereocenters. The van der Waals surface area contributed by atoms with Gasteiger partial charge in [0.15, 0.2) is 0 Å². The first-order chi connectivity index (χ1) is 12.9. The van der Waals surface area contributed by atoms with Crippen molar-refractivity contribution in [3.63, 3.8) is 0 Å². The van der Waals surface area contributed by atoms with E-state index in [1.165, 1.54) is 25.1 Å². The molecule has 0 unspecified atom stereocenters. The molecule has 138 valence electrons. The smallest absolute Gasteiger partial charge is 0.269 e. The van der Waals surface area contributed by atoms with E-state index in [9.17, 15) is 17.6 Å². The van der Waals surface area contributed by atoms with Gasteiger partial charge in [-0.2, -0.15) is 0 Å². The third-order valence-electron chi connectivity index (χ3n) is 3.87. The van der Waals surface area contributed by atoms with Crippen LogP contribution in [0.4, 0.5) is 4.39 Å². The molecule has 0 aliphatic rings. The molecule has 0 saturated heterocycles. The maximum absolute atomic E-state index is 14.4. The zero-order valence-electron chi connectivity index (χ0n) is 14.3. The molecule has 0 spiro atoms. The number of amides is 1. The van der Waals surface area contributed by atoms with E-state index in [1.807, 2.05) is 4.83 Å². The monoisotopic (exact) mass is 385 g/mol. The Balaban J connectivity index is 1.86. The van der Waals surface area contributed by atoms with Crippen LogP contribution in [0.5, 0.6) is 0 Å². The summed E-state index contributed by atoms with van der Waals surface area (Å²) in [6, 6.07) is 14.0. The van der Waals surface area contributed by atoms with Crippen molar-refractivity contribution < 1.29 is 17.6 Å². The van der Waals surface area contributed by atoms with Crippen LogP contribution in [0.3, 0.4) is 0 Å². The number of carbonyl (C=O) groups is 1. The summed E-state index contributed by atoms with van der Waals surface area (Å²) in [6.07, 6.45) is 3.17. The van der Waals surface area contributed by atoms with Gasteiger partial charge in [0.25, 0.3) is 15.9 Å². The van der Waals surface area contributed by atoms with Crippen molar-refractivity contribution in [3.05, 3.63) is 83.9 Å². The lowest BCUT2D eigenvalue weighted by Gasteiger charge is -2.12. The Morgan fingerprint density at radius 2 is 1.67 bits per heavy atom. The lowest BCUT2D eigenvalue weighted by molar-refractivity contribution is 0.0941. The molecule has 0 saturated carbocycles. The van der Waals surface area contributed by atoms with Gasteiger partial charge in [0.05, 0.1) is 10.5 Å². The molecule has 8 heteroatoms. The molecule has 2 N–H and O–H groups in total. The average molecular weight is 385 g/mol. The maximum atomic E-state index is 14.4. The summed E-state index contributed by atoms with van der Waals surface area (Å²) >= 11 is 0. The number of carbonyl (C=O) groups excluding carboxylic acids is 1. The van der Waals surface area contributed by atoms with E-state index in [0.717, 1.165) is 5.56 Å². The summed E-state index contributed by atoms with van der Waals surface area (Å²) in [6.45, 7) is 1.53. The van der Waals surface area contributed by atoms with Crippen molar-refractivity contribution in [3.8, 4) is 11.1 Å². The molecule has 0 bridgehead atoms. The number of aryl methyl sites for hydroxylation is 1. The van der Waals surface area contributed by atoms with Crippen molar-refractivity contribution in [1.82, 2.24) is 15.2 Å². The standard InChI is InChI=1S/C19H16FN3O3S/c1-13-11-15(14-7-9-21-10-8-14)12-17(18(13)20)19(24)22-23-27(25,26)16-5-3-2-4-6-16/h2-12,23H,1H3,(H,22,24). The first-order valence-electron chi connectivity index (χ1n) is 7.96. The number of halogens is 1. The van der Waals surface area contributed by atoms with Crippen LogP contribution in [-0.4, -0.2) is 19.3 Å². The Labute approximate surface area is 156 Å². The van der Waals surface area contributed by atoms with Gasteiger partial charge in [-0.05, 0) is 60.0 Å². The second kappa shape index (κ2) is 7.65. The molecule has 1 amide bonds. The van der Waals surface area contributed by atoms with E-state index in [2.05, 4.69) is 10.4 Å². The fraction of sp³-hybridized carbons (Fsp3) is 0.0526. The highest BCUT2D eigenvalue weighted by Crippen LogP contribution is 2.24. The number of nitrogens with one attached hydrogen (secondary N) is 2. The Kier molecular flexibility index (Phi) is 5.29. The van der Waals surface area contributed by atoms with E-state index in [0.29, 0.717) is 5.56 Å². The Bertz CT molecular complexity index is 1070. The van der Waals surface area contributed by atoms with E-state index >= 15 is 0 Å². The molecular formula is C19H16FN3O3S. The Morgan fingerprint density at radius 1 is 1.00 bits per heavy atom. The Morgan fingerprint density at radius 3 is 2.33 bits per heavy atom. The van der Waals surface area contributed by atoms with Crippen LogP contribution >= 0.6 is 0 Å². The van der Waals surface area contributed by atoms with Gasteiger partial charge < -0.3 is 0 Å². The van der Waals surface area contributed by atoms with Crippen LogP contribution < -0.4 is 10.3 Å². The van der Waals surface area contributed by atoms with Gasteiger partial charge in [-0.15, -0.1) is 4.83 Å². The van der Waals surface area contributed by atoms with Crippen molar-refractivity contribution in [1.29, 1.82) is 0 Å². The minimum Gasteiger partial charge on any atom is -0.273 e. The first kappa shape index (κ1) is 18.7. The third kappa shape index (κ3) is 4.18. The lowest BCUT2D eigenvalue weighted by Crippen LogP contribution is -2.41. The summed E-state index contributed by atoms with van der Waals surface area (Å²) in [5, 5.41) is 0. The minimum atomic E-state index is -3.96. The third-order valence-corrected chi connectivity index (χ3v) is 5.13. The summed E-state index contributed by atoms with van der Waals surface area (Å²) < 4.78 is 38.8. The molecule has 0 radical (unpaired) electrons. The van der Waals surface area contributed by atoms with Crippen molar-refractivity contribution in [2.75, 3.05) is 0 Å². The predicted octanol–water partition coefficient (Wildman–Crippen LogP) is 2.82. The number of sulfonamides is 1. The predicted molar refractivity (Wildman–Crippen MR) is 98.6 cm³/mol. The second-order valence-corrected chi connectivity index (χ2v) is 7.45. The quantitative estimate of drug-likeness (QED) is 0.661.